The Morgan fingerprint density at radius 3 is 2.42 bits per heavy atom. The minimum Gasteiger partial charge on any atom is -0.432 e. The van der Waals surface area contributed by atoms with Crippen molar-refractivity contribution < 1.29 is 9.53 Å². The average molecular weight is 170 g/mol. The Balaban J connectivity index is 3.95. The van der Waals surface area contributed by atoms with E-state index < -0.39 is 0 Å². The van der Waals surface area contributed by atoms with E-state index >= 15 is 0 Å². The van der Waals surface area contributed by atoms with Gasteiger partial charge < -0.3 is 4.74 Å². The maximum atomic E-state index is 10.6. The molecule has 0 radical (unpaired) electrons. The van der Waals surface area contributed by atoms with Crippen LogP contribution in [0.5, 0.6) is 0 Å². The second-order valence-corrected chi connectivity index (χ2v) is 3.25. The minimum atomic E-state index is -0.230. The Labute approximate surface area is 74.6 Å². The first-order valence-electron chi connectivity index (χ1n) is 4.43. The third-order valence-electron chi connectivity index (χ3n) is 1.44. The van der Waals surface area contributed by atoms with E-state index in [0.717, 1.165) is 18.6 Å². The largest absolute Gasteiger partial charge is 0.432 e. The summed E-state index contributed by atoms with van der Waals surface area (Å²) in [6.07, 6.45) is 3.74. The predicted molar refractivity (Wildman–Crippen MR) is 49.6 cm³/mol. The monoisotopic (exact) mass is 170 g/mol. The second kappa shape index (κ2) is 5.81. The van der Waals surface area contributed by atoms with E-state index in [9.17, 15) is 4.79 Å². The number of allylic oxidation sites excluding steroid dienone is 2. The molecule has 0 aliphatic heterocycles. The van der Waals surface area contributed by atoms with Gasteiger partial charge in [-0.25, -0.2) is 0 Å². The smallest absolute Gasteiger partial charge is 0.307 e. The fourth-order valence-electron chi connectivity index (χ4n) is 0.810. The summed E-state index contributed by atoms with van der Waals surface area (Å²) in [5, 5.41) is 0. The Morgan fingerprint density at radius 1 is 1.50 bits per heavy atom. The summed E-state index contributed by atoms with van der Waals surface area (Å²) in [5.74, 6) is 1.17. The summed E-state index contributed by atoms with van der Waals surface area (Å²) in [6, 6.07) is 0. The summed E-state index contributed by atoms with van der Waals surface area (Å²) in [5.41, 5.74) is 0. The molecule has 0 aliphatic carbocycles. The van der Waals surface area contributed by atoms with Crippen molar-refractivity contribution in [2.24, 2.45) is 5.92 Å². The molecule has 0 atom stereocenters. The molecular weight excluding hydrogens is 152 g/mol. The van der Waals surface area contributed by atoms with Crippen LogP contribution in [-0.4, -0.2) is 5.97 Å². The number of ether oxygens (including phenoxy) is 1. The highest BCUT2D eigenvalue weighted by Crippen LogP contribution is 2.08. The first-order valence-corrected chi connectivity index (χ1v) is 4.43. The van der Waals surface area contributed by atoms with Crippen LogP contribution in [0.3, 0.4) is 0 Å². The fraction of sp³-hybridized carbons (Fsp3) is 0.700. The Kier molecular flexibility index (Phi) is 5.43. The number of carbonyl (C=O) groups excluding carboxylic acids is 1. The molecule has 0 fully saturated rings. The van der Waals surface area contributed by atoms with E-state index in [2.05, 4.69) is 13.8 Å². The van der Waals surface area contributed by atoms with Gasteiger partial charge in [-0.05, 0) is 18.4 Å². The van der Waals surface area contributed by atoms with Crippen molar-refractivity contribution in [2.75, 3.05) is 0 Å². The minimum absolute atomic E-state index is 0.230. The van der Waals surface area contributed by atoms with Gasteiger partial charge in [0.05, 0.1) is 0 Å². The molecule has 0 saturated carbocycles. The predicted octanol–water partition coefficient (Wildman–Crippen LogP) is 2.89. The van der Waals surface area contributed by atoms with Gasteiger partial charge in [0.2, 0.25) is 0 Å². The molecular formula is C10H18O2. The lowest BCUT2D eigenvalue weighted by molar-refractivity contribution is -0.137. The van der Waals surface area contributed by atoms with Crippen LogP contribution < -0.4 is 0 Å². The summed E-state index contributed by atoms with van der Waals surface area (Å²) >= 11 is 0. The van der Waals surface area contributed by atoms with Crippen molar-refractivity contribution in [1.82, 2.24) is 0 Å². The zero-order valence-corrected chi connectivity index (χ0v) is 8.39. The van der Waals surface area contributed by atoms with Crippen molar-refractivity contribution >= 4 is 5.97 Å². The SMILES string of the molecule is CC/C(=C\CC(C)C)OC(C)=O. The van der Waals surface area contributed by atoms with Gasteiger partial charge in [0.25, 0.3) is 0 Å². The van der Waals surface area contributed by atoms with E-state index in [1.165, 1.54) is 6.92 Å². The molecule has 0 heterocycles. The molecule has 0 aromatic rings. The molecule has 0 rings (SSSR count). The summed E-state index contributed by atoms with van der Waals surface area (Å²) in [6.45, 7) is 7.68. The van der Waals surface area contributed by atoms with Crippen molar-refractivity contribution in [3.8, 4) is 0 Å². The van der Waals surface area contributed by atoms with Gasteiger partial charge >= 0.3 is 5.97 Å². The highest BCUT2D eigenvalue weighted by atomic mass is 16.5. The lowest BCUT2D eigenvalue weighted by Crippen LogP contribution is -1.98. The number of carbonyl (C=O) groups is 1. The number of hydrogen-bond donors (Lipinski definition) is 0. The third kappa shape index (κ3) is 5.96. The first kappa shape index (κ1) is 11.2. The summed E-state index contributed by atoms with van der Waals surface area (Å²) in [4.78, 5) is 10.6. The molecule has 0 aliphatic rings. The van der Waals surface area contributed by atoms with Crippen LogP contribution in [0.2, 0.25) is 0 Å². The Bertz CT molecular complexity index is 169. The van der Waals surface area contributed by atoms with Gasteiger partial charge in [-0.3, -0.25) is 4.79 Å². The van der Waals surface area contributed by atoms with E-state index in [-0.39, 0.29) is 5.97 Å². The van der Waals surface area contributed by atoms with Crippen molar-refractivity contribution in [3.63, 3.8) is 0 Å². The number of esters is 1. The molecule has 0 unspecified atom stereocenters. The van der Waals surface area contributed by atoms with Gasteiger partial charge in [-0.1, -0.05) is 20.8 Å². The van der Waals surface area contributed by atoms with Crippen LogP contribution in [0.1, 0.15) is 40.5 Å². The quantitative estimate of drug-likeness (QED) is 0.479. The van der Waals surface area contributed by atoms with Gasteiger partial charge in [0, 0.05) is 13.3 Å². The lowest BCUT2D eigenvalue weighted by Gasteiger charge is -2.05. The molecule has 0 amide bonds. The molecule has 0 aromatic heterocycles. The zero-order chi connectivity index (χ0) is 9.56. The number of rotatable bonds is 4. The lowest BCUT2D eigenvalue weighted by atomic mass is 10.1. The van der Waals surface area contributed by atoms with Crippen molar-refractivity contribution in [3.05, 3.63) is 11.8 Å². The van der Waals surface area contributed by atoms with E-state index in [4.69, 9.17) is 4.74 Å². The van der Waals surface area contributed by atoms with E-state index in [0.29, 0.717) is 5.92 Å². The molecule has 12 heavy (non-hydrogen) atoms. The summed E-state index contributed by atoms with van der Waals surface area (Å²) < 4.78 is 4.97. The van der Waals surface area contributed by atoms with E-state index in [1.807, 2.05) is 13.0 Å². The molecule has 0 spiro atoms. The maximum absolute atomic E-state index is 10.6. The first-order chi connectivity index (χ1) is 5.56. The Hall–Kier alpha value is -0.790. The van der Waals surface area contributed by atoms with Crippen molar-refractivity contribution in [1.29, 1.82) is 0 Å². The van der Waals surface area contributed by atoms with E-state index in [1.54, 1.807) is 0 Å². The molecule has 0 bridgehead atoms. The highest BCUT2D eigenvalue weighted by molar-refractivity contribution is 5.67. The molecule has 0 saturated heterocycles. The fourth-order valence-corrected chi connectivity index (χ4v) is 0.810. The summed E-state index contributed by atoms with van der Waals surface area (Å²) in [7, 11) is 0. The molecule has 2 nitrogen and oxygen atoms in total. The van der Waals surface area contributed by atoms with Gasteiger partial charge in [-0.2, -0.15) is 0 Å². The van der Waals surface area contributed by atoms with Gasteiger partial charge in [0.15, 0.2) is 0 Å². The van der Waals surface area contributed by atoms with Crippen LogP contribution >= 0.6 is 0 Å². The van der Waals surface area contributed by atoms with Crippen LogP contribution in [0.4, 0.5) is 0 Å². The molecule has 70 valence electrons. The van der Waals surface area contributed by atoms with Crippen LogP contribution in [-0.2, 0) is 9.53 Å². The third-order valence-corrected chi connectivity index (χ3v) is 1.44. The van der Waals surface area contributed by atoms with Crippen LogP contribution in [0.15, 0.2) is 11.8 Å². The van der Waals surface area contributed by atoms with Gasteiger partial charge in [-0.15, -0.1) is 0 Å². The molecule has 0 N–H and O–H groups in total. The topological polar surface area (TPSA) is 26.3 Å². The average Bonchev–Trinajstić information content (AvgIpc) is 1.97. The van der Waals surface area contributed by atoms with Crippen LogP contribution in [0, 0.1) is 5.92 Å². The second-order valence-electron chi connectivity index (χ2n) is 3.25. The highest BCUT2D eigenvalue weighted by Gasteiger charge is 1.99. The number of hydrogen-bond acceptors (Lipinski definition) is 2. The van der Waals surface area contributed by atoms with Crippen molar-refractivity contribution in [2.45, 2.75) is 40.5 Å². The van der Waals surface area contributed by atoms with Crippen LogP contribution in [0.25, 0.3) is 0 Å². The standard InChI is InChI=1S/C10H18O2/c1-5-10(12-9(4)11)7-6-8(2)3/h7-8H,5-6H2,1-4H3/b10-7+. The maximum Gasteiger partial charge on any atom is 0.307 e. The zero-order valence-electron chi connectivity index (χ0n) is 8.39. The normalized spacial score (nSPS) is 11.9. The molecule has 2 heteroatoms. The molecule has 0 aromatic carbocycles. The Morgan fingerprint density at radius 2 is 2.08 bits per heavy atom. The van der Waals surface area contributed by atoms with Gasteiger partial charge in [0.1, 0.15) is 5.76 Å².